The Hall–Kier alpha value is -3.62. The number of anilines is 2. The van der Waals surface area contributed by atoms with E-state index in [1.165, 1.54) is 24.4 Å². The first-order chi connectivity index (χ1) is 12.8. The number of carbonyl (C=O) groups is 1. The SMILES string of the molecule is Cc1cnc(Nc2ccc3c(c2)OC(F)(F)O3)cc1-n1ccc(C(=O)O)c1. The highest BCUT2D eigenvalue weighted by atomic mass is 19.3. The fourth-order valence-corrected chi connectivity index (χ4v) is 2.71. The van der Waals surface area contributed by atoms with Crippen LogP contribution in [-0.4, -0.2) is 26.9 Å². The molecule has 2 N–H and O–H groups in total. The maximum Gasteiger partial charge on any atom is 0.586 e. The van der Waals surface area contributed by atoms with E-state index in [1.807, 2.05) is 6.92 Å². The second kappa shape index (κ2) is 5.97. The summed E-state index contributed by atoms with van der Waals surface area (Å²) in [4.78, 5) is 15.3. The number of nitrogens with zero attached hydrogens (tertiary/aromatic N) is 2. The first kappa shape index (κ1) is 16.8. The quantitative estimate of drug-likeness (QED) is 0.720. The Labute approximate surface area is 151 Å². The number of alkyl halides is 2. The van der Waals surface area contributed by atoms with Crippen LogP contribution >= 0.6 is 0 Å². The van der Waals surface area contributed by atoms with E-state index in [1.54, 1.807) is 29.1 Å². The average Bonchev–Trinajstić information content (AvgIpc) is 3.19. The molecule has 3 aromatic rings. The van der Waals surface area contributed by atoms with Gasteiger partial charge in [0.25, 0.3) is 0 Å². The van der Waals surface area contributed by atoms with Gasteiger partial charge in [0.1, 0.15) is 5.82 Å². The van der Waals surface area contributed by atoms with E-state index >= 15 is 0 Å². The highest BCUT2D eigenvalue weighted by Gasteiger charge is 2.43. The third-order valence-electron chi connectivity index (χ3n) is 3.97. The molecule has 7 nitrogen and oxygen atoms in total. The first-order valence-electron chi connectivity index (χ1n) is 7.86. The van der Waals surface area contributed by atoms with Crippen LogP contribution in [0, 0.1) is 6.92 Å². The van der Waals surface area contributed by atoms with E-state index in [4.69, 9.17) is 5.11 Å². The van der Waals surface area contributed by atoms with Gasteiger partial charge in [-0.1, -0.05) is 0 Å². The second-order valence-electron chi connectivity index (χ2n) is 5.92. The lowest BCUT2D eigenvalue weighted by Gasteiger charge is -2.11. The number of benzene rings is 1. The molecule has 3 heterocycles. The summed E-state index contributed by atoms with van der Waals surface area (Å²) in [6.07, 6.45) is 1.08. The summed E-state index contributed by atoms with van der Waals surface area (Å²) >= 11 is 0. The lowest BCUT2D eigenvalue weighted by atomic mass is 10.2. The van der Waals surface area contributed by atoms with Gasteiger partial charge < -0.3 is 24.5 Å². The number of carboxylic acid groups (broad SMARTS) is 1. The zero-order valence-electron chi connectivity index (χ0n) is 13.9. The summed E-state index contributed by atoms with van der Waals surface area (Å²) in [5.74, 6) is -0.687. The number of carboxylic acids is 1. The van der Waals surface area contributed by atoms with E-state index in [-0.39, 0.29) is 17.1 Å². The maximum absolute atomic E-state index is 13.1. The van der Waals surface area contributed by atoms with Crippen LogP contribution in [0.15, 0.2) is 48.9 Å². The van der Waals surface area contributed by atoms with Crippen LogP contribution in [0.3, 0.4) is 0 Å². The van der Waals surface area contributed by atoms with Crippen molar-refractivity contribution in [3.05, 3.63) is 60.0 Å². The van der Waals surface area contributed by atoms with Crippen molar-refractivity contribution in [2.24, 2.45) is 0 Å². The molecule has 0 bridgehead atoms. The molecular weight excluding hydrogens is 360 g/mol. The van der Waals surface area contributed by atoms with Gasteiger partial charge in [-0.2, -0.15) is 0 Å². The molecule has 138 valence electrons. The number of fused-ring (bicyclic) bond motifs is 1. The van der Waals surface area contributed by atoms with Gasteiger partial charge in [0.15, 0.2) is 11.5 Å². The smallest absolute Gasteiger partial charge is 0.478 e. The topological polar surface area (TPSA) is 85.6 Å². The summed E-state index contributed by atoms with van der Waals surface area (Å²) in [5, 5.41) is 12.1. The number of aromatic carboxylic acids is 1. The van der Waals surface area contributed by atoms with Crippen molar-refractivity contribution in [3.63, 3.8) is 0 Å². The molecule has 27 heavy (non-hydrogen) atoms. The molecule has 0 spiro atoms. The summed E-state index contributed by atoms with van der Waals surface area (Å²) < 4.78 is 36.7. The Morgan fingerprint density at radius 3 is 2.74 bits per heavy atom. The van der Waals surface area contributed by atoms with E-state index in [2.05, 4.69) is 19.8 Å². The van der Waals surface area contributed by atoms with E-state index in [0.717, 1.165) is 11.3 Å². The van der Waals surface area contributed by atoms with Crippen molar-refractivity contribution in [2.45, 2.75) is 13.2 Å². The van der Waals surface area contributed by atoms with Crippen LogP contribution < -0.4 is 14.8 Å². The van der Waals surface area contributed by atoms with Crippen LogP contribution in [0.25, 0.3) is 5.69 Å². The molecule has 0 amide bonds. The minimum atomic E-state index is -3.67. The standard InChI is InChI=1S/C18H13F2N3O4/c1-10-8-21-16(7-13(10)23-5-4-11(9-23)17(24)25)22-12-2-3-14-15(6-12)27-18(19,20)26-14/h2-9H,1H3,(H,21,22)(H,24,25). The van der Waals surface area contributed by atoms with Gasteiger partial charge in [-0.25, -0.2) is 9.78 Å². The Bertz CT molecular complexity index is 1050. The molecule has 0 unspecified atom stereocenters. The number of halogens is 2. The zero-order valence-corrected chi connectivity index (χ0v) is 13.9. The number of pyridine rings is 1. The van der Waals surface area contributed by atoms with Crippen LogP contribution in [0.4, 0.5) is 20.3 Å². The lowest BCUT2D eigenvalue weighted by Crippen LogP contribution is -2.25. The van der Waals surface area contributed by atoms with Crippen molar-refractivity contribution in [1.82, 2.24) is 9.55 Å². The Morgan fingerprint density at radius 2 is 2.00 bits per heavy atom. The Balaban J connectivity index is 1.61. The van der Waals surface area contributed by atoms with Gasteiger partial charge in [0.2, 0.25) is 0 Å². The van der Waals surface area contributed by atoms with E-state index in [0.29, 0.717) is 11.5 Å². The van der Waals surface area contributed by atoms with Crippen molar-refractivity contribution in [2.75, 3.05) is 5.32 Å². The fraction of sp³-hybridized carbons (Fsp3) is 0.111. The summed E-state index contributed by atoms with van der Waals surface area (Å²) in [6, 6.07) is 7.53. The average molecular weight is 373 g/mol. The highest BCUT2D eigenvalue weighted by molar-refractivity contribution is 5.87. The zero-order chi connectivity index (χ0) is 19.2. The molecule has 0 saturated carbocycles. The van der Waals surface area contributed by atoms with Crippen LogP contribution in [-0.2, 0) is 0 Å². The molecule has 0 aliphatic carbocycles. The van der Waals surface area contributed by atoms with Crippen LogP contribution in [0.1, 0.15) is 15.9 Å². The minimum absolute atomic E-state index is 0.0448. The molecule has 9 heteroatoms. The summed E-state index contributed by atoms with van der Waals surface area (Å²) in [5.41, 5.74) is 2.21. The monoisotopic (exact) mass is 373 g/mol. The number of rotatable bonds is 4. The number of ether oxygens (including phenoxy) is 2. The van der Waals surface area contributed by atoms with Crippen molar-refractivity contribution in [1.29, 1.82) is 0 Å². The van der Waals surface area contributed by atoms with Crippen molar-refractivity contribution >= 4 is 17.5 Å². The largest absolute Gasteiger partial charge is 0.586 e. The number of hydrogen-bond acceptors (Lipinski definition) is 5. The molecule has 1 aliphatic heterocycles. The molecule has 4 rings (SSSR count). The normalized spacial score (nSPS) is 14.2. The minimum Gasteiger partial charge on any atom is -0.478 e. The molecule has 0 atom stereocenters. The van der Waals surface area contributed by atoms with E-state index < -0.39 is 12.3 Å². The molecular formula is C18H13F2N3O4. The van der Waals surface area contributed by atoms with Gasteiger partial charge >= 0.3 is 12.3 Å². The third kappa shape index (κ3) is 3.26. The van der Waals surface area contributed by atoms with E-state index in [9.17, 15) is 13.6 Å². The summed E-state index contributed by atoms with van der Waals surface area (Å²) in [6.45, 7) is 1.84. The molecule has 1 aromatic carbocycles. The molecule has 0 fully saturated rings. The van der Waals surface area contributed by atoms with Gasteiger partial charge in [-0.05, 0) is 30.7 Å². The summed E-state index contributed by atoms with van der Waals surface area (Å²) in [7, 11) is 0. The molecule has 0 saturated heterocycles. The number of hydrogen-bond donors (Lipinski definition) is 2. The van der Waals surface area contributed by atoms with Gasteiger partial charge in [-0.15, -0.1) is 8.78 Å². The van der Waals surface area contributed by atoms with Crippen molar-refractivity contribution < 1.29 is 28.2 Å². The molecule has 0 radical (unpaired) electrons. The first-order valence-corrected chi connectivity index (χ1v) is 7.86. The molecule has 2 aromatic heterocycles. The number of aromatic nitrogens is 2. The predicted octanol–water partition coefficient (Wildman–Crippen LogP) is 3.94. The molecule has 1 aliphatic rings. The second-order valence-corrected chi connectivity index (χ2v) is 5.92. The van der Waals surface area contributed by atoms with Crippen molar-refractivity contribution in [3.8, 4) is 17.2 Å². The fourth-order valence-electron chi connectivity index (χ4n) is 2.71. The number of nitrogens with one attached hydrogen (secondary N) is 1. The third-order valence-corrected chi connectivity index (χ3v) is 3.97. The predicted molar refractivity (Wildman–Crippen MR) is 91.2 cm³/mol. The van der Waals surface area contributed by atoms with Gasteiger partial charge in [0, 0.05) is 36.4 Å². The Kier molecular flexibility index (Phi) is 3.72. The van der Waals surface area contributed by atoms with Gasteiger partial charge in [0.05, 0.1) is 11.3 Å². The lowest BCUT2D eigenvalue weighted by molar-refractivity contribution is -0.286. The Morgan fingerprint density at radius 1 is 1.22 bits per heavy atom. The highest BCUT2D eigenvalue weighted by Crippen LogP contribution is 2.42. The van der Waals surface area contributed by atoms with Crippen LogP contribution in [0.2, 0.25) is 0 Å². The number of aryl methyl sites for hydroxylation is 1. The van der Waals surface area contributed by atoms with Gasteiger partial charge in [-0.3, -0.25) is 0 Å². The van der Waals surface area contributed by atoms with Crippen LogP contribution in [0.5, 0.6) is 11.5 Å². The maximum atomic E-state index is 13.1.